The van der Waals surface area contributed by atoms with Crippen molar-refractivity contribution >= 4 is 11.7 Å². The van der Waals surface area contributed by atoms with Gasteiger partial charge in [-0.15, -0.1) is 0 Å². The molecule has 1 aromatic heterocycles. The number of aromatic nitrogens is 1. The van der Waals surface area contributed by atoms with Crippen LogP contribution in [0, 0.1) is 0 Å². The van der Waals surface area contributed by atoms with Crippen LogP contribution in [0.3, 0.4) is 0 Å². The van der Waals surface area contributed by atoms with E-state index in [2.05, 4.69) is 29.0 Å². The van der Waals surface area contributed by atoms with E-state index in [4.69, 9.17) is 18.9 Å². The zero-order chi connectivity index (χ0) is 23.1. The first-order valence-corrected chi connectivity index (χ1v) is 10.8. The summed E-state index contributed by atoms with van der Waals surface area (Å²) in [5.41, 5.74) is 1.90. The molecule has 1 saturated heterocycles. The smallest absolute Gasteiger partial charge is 0.220 e. The van der Waals surface area contributed by atoms with Gasteiger partial charge in [0.2, 0.25) is 11.7 Å². The SMILES string of the molecule is COc1cc(CCC(=O)NCc2ccc(N3C[C@@H](C)O[C@@H](C)C3)nc2)cc(OC)c1OC. The molecule has 0 spiro atoms. The number of pyridine rings is 1. The number of morpholine rings is 1. The highest BCUT2D eigenvalue weighted by molar-refractivity contribution is 5.76. The van der Waals surface area contributed by atoms with Gasteiger partial charge in [0, 0.05) is 32.3 Å². The van der Waals surface area contributed by atoms with Gasteiger partial charge in [0.05, 0.1) is 33.5 Å². The number of ether oxygens (including phenoxy) is 4. The second kappa shape index (κ2) is 11.0. The van der Waals surface area contributed by atoms with Gasteiger partial charge in [0.15, 0.2) is 11.5 Å². The maximum Gasteiger partial charge on any atom is 0.220 e. The molecule has 1 amide bonds. The van der Waals surface area contributed by atoms with Crippen LogP contribution in [0.25, 0.3) is 0 Å². The van der Waals surface area contributed by atoms with Crippen LogP contribution < -0.4 is 24.4 Å². The molecule has 0 unspecified atom stereocenters. The van der Waals surface area contributed by atoms with E-state index in [0.717, 1.165) is 30.0 Å². The number of benzene rings is 1. The molecule has 1 aromatic carbocycles. The number of hydrogen-bond donors (Lipinski definition) is 1. The Kier molecular flexibility index (Phi) is 8.16. The molecule has 1 aliphatic rings. The summed E-state index contributed by atoms with van der Waals surface area (Å²) < 4.78 is 21.9. The van der Waals surface area contributed by atoms with E-state index in [9.17, 15) is 4.79 Å². The van der Waals surface area contributed by atoms with Gasteiger partial charge in [-0.2, -0.15) is 0 Å². The topological polar surface area (TPSA) is 82.2 Å². The highest BCUT2D eigenvalue weighted by atomic mass is 16.5. The van der Waals surface area contributed by atoms with Crippen molar-refractivity contribution in [1.82, 2.24) is 10.3 Å². The van der Waals surface area contributed by atoms with Crippen molar-refractivity contribution in [3.8, 4) is 17.2 Å². The summed E-state index contributed by atoms with van der Waals surface area (Å²) in [6, 6.07) is 7.74. The van der Waals surface area contributed by atoms with Crippen LogP contribution in [-0.2, 0) is 22.5 Å². The van der Waals surface area contributed by atoms with E-state index >= 15 is 0 Å². The summed E-state index contributed by atoms with van der Waals surface area (Å²) in [5, 5.41) is 2.96. The van der Waals surface area contributed by atoms with Gasteiger partial charge in [-0.3, -0.25) is 4.79 Å². The molecule has 0 radical (unpaired) electrons. The predicted molar refractivity (Wildman–Crippen MR) is 123 cm³/mol. The number of carbonyl (C=O) groups excluding carboxylic acids is 1. The molecule has 1 aliphatic heterocycles. The first kappa shape index (κ1) is 23.7. The van der Waals surface area contributed by atoms with Crippen LogP contribution in [0.15, 0.2) is 30.5 Å². The summed E-state index contributed by atoms with van der Waals surface area (Å²) in [5.74, 6) is 2.61. The summed E-state index contributed by atoms with van der Waals surface area (Å²) in [6.07, 6.45) is 3.11. The molecule has 2 aromatic rings. The van der Waals surface area contributed by atoms with Crippen LogP contribution in [0.4, 0.5) is 5.82 Å². The van der Waals surface area contributed by atoms with Crippen LogP contribution in [0.2, 0.25) is 0 Å². The molecule has 3 rings (SSSR count). The van der Waals surface area contributed by atoms with Gasteiger partial charge in [-0.1, -0.05) is 6.07 Å². The number of nitrogens with one attached hydrogen (secondary N) is 1. The zero-order valence-electron chi connectivity index (χ0n) is 19.5. The number of anilines is 1. The summed E-state index contributed by atoms with van der Waals surface area (Å²) in [6.45, 7) is 6.25. The number of rotatable bonds is 9. The minimum absolute atomic E-state index is 0.0290. The quantitative estimate of drug-likeness (QED) is 0.638. The molecule has 0 aliphatic carbocycles. The lowest BCUT2D eigenvalue weighted by Crippen LogP contribution is -2.45. The van der Waals surface area contributed by atoms with Crippen molar-refractivity contribution in [2.24, 2.45) is 0 Å². The first-order chi connectivity index (χ1) is 15.4. The number of aryl methyl sites for hydroxylation is 1. The third-order valence-electron chi connectivity index (χ3n) is 5.41. The van der Waals surface area contributed by atoms with E-state index in [1.807, 2.05) is 30.5 Å². The normalized spacial score (nSPS) is 18.2. The van der Waals surface area contributed by atoms with Crippen molar-refractivity contribution < 1.29 is 23.7 Å². The molecule has 1 fully saturated rings. The van der Waals surface area contributed by atoms with Crippen LogP contribution >= 0.6 is 0 Å². The maximum absolute atomic E-state index is 12.4. The van der Waals surface area contributed by atoms with Gasteiger partial charge in [-0.05, 0) is 49.6 Å². The van der Waals surface area contributed by atoms with E-state index in [-0.39, 0.29) is 18.1 Å². The predicted octanol–water partition coefficient (Wildman–Crippen LogP) is 2.97. The lowest BCUT2D eigenvalue weighted by Gasteiger charge is -2.36. The molecule has 2 heterocycles. The Balaban J connectivity index is 1.51. The third-order valence-corrected chi connectivity index (χ3v) is 5.41. The molecule has 174 valence electrons. The van der Waals surface area contributed by atoms with E-state index in [1.54, 1.807) is 21.3 Å². The Bertz CT molecular complexity index is 868. The summed E-state index contributed by atoms with van der Waals surface area (Å²) in [4.78, 5) is 19.2. The summed E-state index contributed by atoms with van der Waals surface area (Å²) in [7, 11) is 4.72. The molecule has 8 heteroatoms. The van der Waals surface area contributed by atoms with Crippen LogP contribution in [0.1, 0.15) is 31.4 Å². The molecular formula is C24H33N3O5. The first-order valence-electron chi connectivity index (χ1n) is 10.8. The van der Waals surface area contributed by atoms with Crippen molar-refractivity contribution in [3.63, 3.8) is 0 Å². The lowest BCUT2D eigenvalue weighted by atomic mass is 10.1. The molecular weight excluding hydrogens is 410 g/mol. The minimum atomic E-state index is -0.0290. The van der Waals surface area contributed by atoms with E-state index in [1.165, 1.54) is 0 Å². The summed E-state index contributed by atoms with van der Waals surface area (Å²) >= 11 is 0. The minimum Gasteiger partial charge on any atom is -0.493 e. The number of amides is 1. The Morgan fingerprint density at radius 3 is 2.25 bits per heavy atom. The van der Waals surface area contributed by atoms with Gasteiger partial charge in [0.25, 0.3) is 0 Å². The second-order valence-electron chi connectivity index (χ2n) is 8.00. The van der Waals surface area contributed by atoms with Gasteiger partial charge in [-0.25, -0.2) is 4.98 Å². The number of hydrogen-bond acceptors (Lipinski definition) is 7. The number of nitrogens with zero attached hydrogens (tertiary/aromatic N) is 2. The fourth-order valence-corrected chi connectivity index (χ4v) is 3.90. The average Bonchev–Trinajstić information content (AvgIpc) is 2.80. The monoisotopic (exact) mass is 443 g/mol. The molecule has 0 saturated carbocycles. The highest BCUT2D eigenvalue weighted by Crippen LogP contribution is 2.38. The maximum atomic E-state index is 12.4. The third kappa shape index (κ3) is 6.03. The van der Waals surface area contributed by atoms with Crippen LogP contribution in [0.5, 0.6) is 17.2 Å². The van der Waals surface area contributed by atoms with Gasteiger partial charge < -0.3 is 29.2 Å². The van der Waals surface area contributed by atoms with Crippen molar-refractivity contribution in [2.75, 3.05) is 39.3 Å². The molecule has 1 N–H and O–H groups in total. The standard InChI is InChI=1S/C24H33N3O5/c1-16-14-27(15-17(2)32-16)22-8-6-19(12-25-22)13-26-23(28)9-7-18-10-20(29-3)24(31-5)21(11-18)30-4/h6,8,10-12,16-17H,7,9,13-15H2,1-5H3,(H,26,28)/t16-,17+. The largest absolute Gasteiger partial charge is 0.493 e. The second-order valence-corrected chi connectivity index (χ2v) is 8.00. The number of carbonyl (C=O) groups is 1. The van der Waals surface area contributed by atoms with Crippen LogP contribution in [-0.4, -0.2) is 57.5 Å². The van der Waals surface area contributed by atoms with Gasteiger partial charge >= 0.3 is 0 Å². The highest BCUT2D eigenvalue weighted by Gasteiger charge is 2.23. The van der Waals surface area contributed by atoms with Crippen molar-refractivity contribution in [1.29, 1.82) is 0 Å². The molecule has 0 bridgehead atoms. The number of methoxy groups -OCH3 is 3. The fourth-order valence-electron chi connectivity index (χ4n) is 3.90. The Labute approximate surface area is 189 Å². The van der Waals surface area contributed by atoms with Gasteiger partial charge in [0.1, 0.15) is 5.82 Å². The van der Waals surface area contributed by atoms with Crippen molar-refractivity contribution in [2.45, 2.75) is 45.4 Å². The molecule has 2 atom stereocenters. The molecule has 32 heavy (non-hydrogen) atoms. The Morgan fingerprint density at radius 2 is 1.72 bits per heavy atom. The molecule has 8 nitrogen and oxygen atoms in total. The fraction of sp³-hybridized carbons (Fsp3) is 0.500. The van der Waals surface area contributed by atoms with E-state index < -0.39 is 0 Å². The Morgan fingerprint density at radius 1 is 1.06 bits per heavy atom. The lowest BCUT2D eigenvalue weighted by molar-refractivity contribution is -0.121. The van der Waals surface area contributed by atoms with Crippen molar-refractivity contribution in [3.05, 3.63) is 41.6 Å². The Hall–Kier alpha value is -3.00. The average molecular weight is 444 g/mol. The van der Waals surface area contributed by atoms with E-state index in [0.29, 0.717) is 36.6 Å². The zero-order valence-corrected chi connectivity index (χ0v) is 19.5.